The fourth-order valence-electron chi connectivity index (χ4n) is 14.8. The van der Waals surface area contributed by atoms with E-state index >= 15 is 0 Å². The van der Waals surface area contributed by atoms with E-state index < -0.39 is 114 Å². The molecular weight excluding hydrogens is 2080 g/mol. The van der Waals surface area contributed by atoms with Crippen molar-refractivity contribution < 1.29 is 68.8 Å². The third kappa shape index (κ3) is 23.5. The molecule has 53 nitrogen and oxygen atoms in total. The number of pyridine rings is 1. The second-order valence-corrected chi connectivity index (χ2v) is 39.5. The molecule has 62 heteroatoms. The topological polar surface area (TPSA) is 803 Å². The molecule has 0 radical (unpaired) electrons. The van der Waals surface area contributed by atoms with Gasteiger partial charge in [0.15, 0.2) is 63.0 Å². The summed E-state index contributed by atoms with van der Waals surface area (Å²) in [5.41, 5.74) is 40.8. The van der Waals surface area contributed by atoms with E-state index in [-0.39, 0.29) is 113 Å². The highest BCUT2D eigenvalue weighted by atomic mass is 35.5. The minimum absolute atomic E-state index is 0.000890. The molecule has 3 saturated heterocycles. The summed E-state index contributed by atoms with van der Waals surface area (Å²) in [5.74, 6) is 1.18. The second-order valence-electron chi connectivity index (χ2n) is 31.2. The van der Waals surface area contributed by atoms with E-state index in [1.165, 1.54) is 75.2 Å². The molecule has 27 N–H and O–H groups in total. The van der Waals surface area contributed by atoms with Crippen LogP contribution < -0.4 is 108 Å². The lowest BCUT2D eigenvalue weighted by molar-refractivity contribution is -0.384. The summed E-state index contributed by atoms with van der Waals surface area (Å²) in [6, 6.07) is 19.5. The maximum atomic E-state index is 12.1. The first-order chi connectivity index (χ1) is 68.9. The number of rotatable bonds is 17. The summed E-state index contributed by atoms with van der Waals surface area (Å²) in [6.45, 7) is 24.3. The van der Waals surface area contributed by atoms with Gasteiger partial charge in [0.1, 0.15) is 83.2 Å². The summed E-state index contributed by atoms with van der Waals surface area (Å²) < 4.78 is 31.8. The van der Waals surface area contributed by atoms with E-state index in [0.717, 1.165) is 68.5 Å². The normalized spacial score (nSPS) is 20.2. The number of aromatic nitrogens is 17. The average Bonchev–Trinajstić information content (AvgIpc) is 1.60. The maximum absolute atomic E-state index is 12.1. The number of hydrogen-bond acceptors (Lipinski definition) is 51. The summed E-state index contributed by atoms with van der Waals surface area (Å²) >= 11 is 18.7. The van der Waals surface area contributed by atoms with Crippen molar-refractivity contribution in [3.63, 3.8) is 0 Å². The van der Waals surface area contributed by atoms with Crippen molar-refractivity contribution in [3.05, 3.63) is 256 Å². The number of non-ortho nitro benzene ring substituents is 1. The molecule has 10 aromatic heterocycles. The van der Waals surface area contributed by atoms with Crippen molar-refractivity contribution in [3.8, 4) is 0 Å². The Morgan fingerprint density at radius 3 is 1.39 bits per heavy atom. The van der Waals surface area contributed by atoms with Gasteiger partial charge >= 0.3 is 16.8 Å². The monoisotopic (exact) mass is 2160 g/mol. The minimum atomic E-state index is -1.28. The van der Waals surface area contributed by atoms with E-state index in [4.69, 9.17) is 97.9 Å². The van der Waals surface area contributed by atoms with Crippen LogP contribution in [0.1, 0.15) is 37.1 Å². The van der Waals surface area contributed by atoms with Crippen molar-refractivity contribution in [1.82, 2.24) is 83.9 Å². The van der Waals surface area contributed by atoms with E-state index in [9.17, 15) is 78.5 Å². The van der Waals surface area contributed by atoms with Gasteiger partial charge in [0.25, 0.3) is 44.6 Å². The number of nitrogens with one attached hydrogen (secondary N) is 7. The van der Waals surface area contributed by atoms with Gasteiger partial charge in [0.2, 0.25) is 41.6 Å². The first-order valence-electron chi connectivity index (χ1n) is 42.1. The number of H-pyrrole nitrogens is 7. The molecule has 0 spiro atoms. The van der Waals surface area contributed by atoms with Crippen LogP contribution in [-0.4, -0.2) is 231 Å². The summed E-state index contributed by atoms with van der Waals surface area (Å²) in [7, 11) is 0. The van der Waals surface area contributed by atoms with Gasteiger partial charge in [-0.05, 0) is 48.5 Å². The molecule has 0 bridgehead atoms. The fraction of sp³-hybridized carbons (Fsp3) is 0.265. The van der Waals surface area contributed by atoms with Crippen LogP contribution in [0.15, 0.2) is 206 Å². The minimum Gasteiger partial charge on any atom is -0.463 e. The first-order valence-corrected chi connectivity index (χ1v) is 48.8. The number of carbonyl (C=O) groups excluding carboxylic acids is 2. The highest BCUT2D eigenvalue weighted by Crippen LogP contribution is 2.51. The number of nitrogens with zero attached hydrogens (tertiary/aromatic N) is 16. The molecule has 145 heavy (non-hydrogen) atoms. The lowest BCUT2D eigenvalue weighted by Gasteiger charge is -2.29. The molecule has 0 saturated carbocycles. The van der Waals surface area contributed by atoms with Crippen molar-refractivity contribution in [2.24, 2.45) is 0 Å². The third-order valence-electron chi connectivity index (χ3n) is 21.2. The predicted molar refractivity (Wildman–Crippen MR) is 548 cm³/mol. The van der Waals surface area contributed by atoms with Crippen LogP contribution in [0.2, 0.25) is 0 Å². The van der Waals surface area contributed by atoms with Crippen molar-refractivity contribution in [2.75, 3.05) is 96.9 Å². The quantitative estimate of drug-likeness (QED) is 0.0156. The van der Waals surface area contributed by atoms with Crippen LogP contribution in [0.4, 0.5) is 82.1 Å². The average molecular weight is 2160 g/mol. The Hall–Kier alpha value is -14.4. The van der Waals surface area contributed by atoms with Crippen molar-refractivity contribution >= 4 is 220 Å². The van der Waals surface area contributed by atoms with E-state index in [0.29, 0.717) is 104 Å². The number of ether oxygens (including phenoxy) is 5. The first kappa shape index (κ1) is 106. The number of alkyl halides is 1. The molecule has 12 aromatic rings. The van der Waals surface area contributed by atoms with Gasteiger partial charge < -0.3 is 104 Å². The number of anilines is 13. The largest absolute Gasteiger partial charge is 0.463 e. The van der Waals surface area contributed by atoms with Gasteiger partial charge in [0, 0.05) is 62.4 Å². The number of nitrogens with two attached hydrogens (primary N) is 7. The Morgan fingerprint density at radius 1 is 0.524 bits per heavy atom. The zero-order valence-electron chi connectivity index (χ0n) is 75.6. The molecule has 8 aliphatic heterocycles. The van der Waals surface area contributed by atoms with Gasteiger partial charge in [-0.2, -0.15) is 34.9 Å². The molecule has 0 unspecified atom stereocenters. The summed E-state index contributed by atoms with van der Waals surface area (Å²) in [5, 5.41) is 71.4. The number of aliphatic hydroxyl groups excluding tert-OH is 6. The number of halogens is 1. The predicted octanol–water partition coefficient (Wildman–Crippen LogP) is 2.83. The van der Waals surface area contributed by atoms with E-state index in [1.54, 1.807) is 28.1 Å². The van der Waals surface area contributed by atoms with Crippen LogP contribution in [0.3, 0.4) is 0 Å². The lowest BCUT2D eigenvalue weighted by atomic mass is 10.1. The Labute approximate surface area is 852 Å². The molecule has 11 atom stereocenters. The number of aromatic amines is 7. The van der Waals surface area contributed by atoms with Crippen LogP contribution in [0.5, 0.6) is 0 Å². The number of nitro groups is 1. The van der Waals surface area contributed by atoms with E-state index in [2.05, 4.69) is 108 Å². The van der Waals surface area contributed by atoms with Crippen molar-refractivity contribution in [1.29, 1.82) is 0 Å². The molecular formula is C83H87ClN30O23S8. The van der Waals surface area contributed by atoms with E-state index in [1.807, 2.05) is 71.0 Å². The van der Waals surface area contributed by atoms with Gasteiger partial charge in [-0.1, -0.05) is 163 Å². The number of esters is 2. The lowest BCUT2D eigenvalue weighted by Crippen LogP contribution is -2.42. The number of allylic oxidation sites excluding steroid dienone is 1. The number of carbonyl (C=O) groups is 2. The number of thiazole rings is 2. The number of aliphatic hydroxyl groups is 6. The van der Waals surface area contributed by atoms with Crippen LogP contribution in [0, 0.1) is 21.0 Å². The molecule has 0 amide bonds. The number of hydrogen-bond donors (Lipinski definition) is 20. The Bertz CT molecular complexity index is 7600. The number of fused-ring (bicyclic) bond motifs is 7. The van der Waals surface area contributed by atoms with Gasteiger partial charge in [-0.15, -0.1) is 11.6 Å². The summed E-state index contributed by atoms with van der Waals surface area (Å²) in [6.07, 6.45) is -5.09. The highest BCUT2D eigenvalue weighted by molar-refractivity contribution is 8.04. The zero-order valence-corrected chi connectivity index (χ0v) is 82.9. The number of benzene rings is 2. The Kier molecular flexibility index (Phi) is 33.2. The SMILES string of the molecule is C=C1Sc2c(nc(N)[nH]c2=O)N1C/C=C\CCl.C=C1Sc2c(nc(N)[nH]c2=O)N1[C@@H]1O[C@H](CO)[C@@H](O)[C@H]1O.C=C1Sc2c(nc(N)[nH]c2=O)N1[C@@H]1O[C@H](CO)[C@@H](O)[C@H]1O.C=C1Sc2c(nc(N)[nH]c2=O)N1[C@@H]1O[C@H](COC(C)=O)C[C@H]1OC(C)=O.C=C1Sc2c(nc(N)[nH]c2=O)N1c1ccc([N+](=O)[O-])cc1.Cc1ccc(Cn2c(=O)sc3c(=O)[nH]c(N)nc32)cn1.Nc1nc2c(sc(=S)n2Cc2ccccc2)c(=O)[nH]1. The second kappa shape index (κ2) is 45.3. The molecule has 2 aromatic carbocycles. The number of nitro benzene ring substituents is 1. The molecule has 3 fully saturated rings. The van der Waals surface area contributed by atoms with Gasteiger partial charge in [-0.3, -0.25) is 122 Å². The molecule has 762 valence electrons. The fourth-order valence-corrected chi connectivity index (χ4v) is 21.5. The smallest absolute Gasteiger partial charge is 0.309 e. The number of nitrogen functional groups attached to an aromatic ring is 7. The third-order valence-corrected chi connectivity index (χ3v) is 28.8. The molecule has 18 heterocycles. The van der Waals surface area contributed by atoms with Crippen LogP contribution >= 0.6 is 105 Å². The molecule has 20 rings (SSSR count). The van der Waals surface area contributed by atoms with Gasteiger partial charge in [0.05, 0.1) is 62.5 Å². The standard InChI is InChI=1S/C15H18N4O6S.C12H9N5O3S.C12H11N5O2S.C12H10N4OS2.2C11H14N4O5S.C10H11ClN4OS/c1-6-19(12-11(26-6)13(22)18-15(16)17-12)14-10(24-8(3)21)4-9(25-14)5-23-7(2)20;1-6-16(7-2-4-8(5-3-7)17(19)20)10-9(21-6)11(18)15-12(13)14-10;1-6-2-3-7(4-14-6)5-17-9-8(20-12(17)19)10(18)16-11(13)15-9;13-11-14-9-8(10(17)15-11)19-12(18)16(9)6-7-4-2-1-3-5-7;2*1-3-15(10-6(18)5(17)4(2-16)20-10)8-7(21-3)9(19)14-11(12)13-8;1-6-15(5-3-2-4-11)8-7(17-6)9(16)14-10(12)13-8/h9-10,14H,1,4-5H2,2-3H3,(H3,16,17,18,22);2-5H,1H2,(H3,13,14,15,18);2-4H,5H2,1H3,(H3,13,15,16,18);1-5H,6H2,(H3,13,14,15,17);2*4-6,10,16-18H,1-2H2,(H3,12,13,14,19);2-3H,1,4-5H2,(H3,12,13,14,16)/b;;;;;;3-2-/t9-,10+,14+;;;;2*4-,5-,6-,10-;/m0...11./s1. The molecule has 0 aliphatic carbocycles. The zero-order chi connectivity index (χ0) is 105. The van der Waals surface area contributed by atoms with Crippen LogP contribution in [-0.2, 0) is 46.4 Å². The Balaban J connectivity index is 0.000000134. The highest BCUT2D eigenvalue weighted by Gasteiger charge is 2.52. The maximum Gasteiger partial charge on any atom is 0.309 e. The Morgan fingerprint density at radius 2 is 0.945 bits per heavy atom. The van der Waals surface area contributed by atoms with Crippen LogP contribution in [0.25, 0.3) is 20.7 Å². The van der Waals surface area contributed by atoms with Gasteiger partial charge in [-0.25, -0.2) is 0 Å². The molecule has 8 aliphatic rings. The van der Waals surface area contributed by atoms with Crippen molar-refractivity contribution in [2.45, 2.75) is 132 Å². The summed E-state index contributed by atoms with van der Waals surface area (Å²) in [4.78, 5) is 187. The number of aryl methyl sites for hydroxylation is 1. The number of thioether (sulfide) groups is 5.